The normalized spacial score (nSPS) is 14.0. The van der Waals surface area contributed by atoms with Crippen LogP contribution in [0.2, 0.25) is 5.02 Å². The van der Waals surface area contributed by atoms with Crippen LogP contribution in [0.1, 0.15) is 34.3 Å². The van der Waals surface area contributed by atoms with E-state index < -0.39 is 5.97 Å². The standard InChI is InChI=1S/C23H17ClN8O3.CH2O2/c24-14-1-3-19(31-11-27-29-30-31)16(8-14)12-5-15-2-4-20(32(15)21(33)7-12)22-26-10-18(28-22)17-6-13(9-25-17)23(34)35;2-1-3/h1,3,5-11,20,25H,2,4H2,(H,26,28)(H,34,35);1H,(H,2,3)/t20-;/m0./s1. The summed E-state index contributed by atoms with van der Waals surface area (Å²) in [4.78, 5) is 43.5. The van der Waals surface area contributed by atoms with Gasteiger partial charge in [-0.2, -0.15) is 4.68 Å². The minimum Gasteiger partial charge on any atom is -0.483 e. The zero-order chi connectivity index (χ0) is 26.8. The van der Waals surface area contributed by atoms with Gasteiger partial charge in [0.05, 0.1) is 34.9 Å². The molecule has 14 heteroatoms. The number of carboxylic acids is 1. The first-order chi connectivity index (χ1) is 18.4. The molecule has 4 aromatic heterocycles. The van der Waals surface area contributed by atoms with E-state index in [0.29, 0.717) is 40.8 Å². The molecule has 0 spiro atoms. The van der Waals surface area contributed by atoms with E-state index in [9.17, 15) is 9.59 Å². The van der Waals surface area contributed by atoms with Gasteiger partial charge >= 0.3 is 5.97 Å². The largest absolute Gasteiger partial charge is 0.483 e. The zero-order valence-corrected chi connectivity index (χ0v) is 20.2. The number of carboxylic acid groups (broad SMARTS) is 2. The number of hydrogen-bond donors (Lipinski definition) is 4. The fraction of sp³-hybridized carbons (Fsp3) is 0.125. The third kappa shape index (κ3) is 4.57. The van der Waals surface area contributed by atoms with Gasteiger partial charge in [-0.05, 0) is 59.2 Å². The minimum atomic E-state index is -1.01. The van der Waals surface area contributed by atoms with Crippen molar-refractivity contribution in [1.29, 1.82) is 0 Å². The number of pyridine rings is 1. The number of tetrazole rings is 1. The molecule has 1 aromatic carbocycles. The Morgan fingerprint density at radius 3 is 2.71 bits per heavy atom. The van der Waals surface area contributed by atoms with Crippen molar-refractivity contribution in [3.8, 4) is 28.2 Å². The summed E-state index contributed by atoms with van der Waals surface area (Å²) in [6.45, 7) is -0.250. The maximum atomic E-state index is 13.3. The van der Waals surface area contributed by atoms with Gasteiger partial charge in [0.25, 0.3) is 12.0 Å². The first-order valence-electron chi connectivity index (χ1n) is 11.2. The Bertz CT molecular complexity index is 1690. The first kappa shape index (κ1) is 24.6. The molecule has 0 radical (unpaired) electrons. The molecule has 1 aliphatic heterocycles. The number of aromatic amines is 2. The highest BCUT2D eigenvalue weighted by atomic mass is 35.5. The third-order valence-corrected chi connectivity index (χ3v) is 6.37. The van der Waals surface area contributed by atoms with Crippen LogP contribution >= 0.6 is 11.6 Å². The molecule has 1 atom stereocenters. The topological polar surface area (TPSA) is 185 Å². The summed E-state index contributed by atoms with van der Waals surface area (Å²) in [6, 6.07) is 10.2. The van der Waals surface area contributed by atoms with Gasteiger partial charge in [-0.25, -0.2) is 9.78 Å². The number of benzene rings is 1. The van der Waals surface area contributed by atoms with Crippen LogP contribution in [-0.4, -0.2) is 62.4 Å². The highest BCUT2D eigenvalue weighted by Gasteiger charge is 2.28. The van der Waals surface area contributed by atoms with E-state index in [2.05, 4.69) is 30.5 Å². The van der Waals surface area contributed by atoms with E-state index in [1.165, 1.54) is 23.3 Å². The van der Waals surface area contributed by atoms with Gasteiger partial charge in [0, 0.05) is 28.5 Å². The Kier molecular flexibility index (Phi) is 6.58. The van der Waals surface area contributed by atoms with Crippen LogP contribution in [0.3, 0.4) is 0 Å². The van der Waals surface area contributed by atoms with Crippen molar-refractivity contribution in [3.63, 3.8) is 0 Å². The Balaban J connectivity index is 0.000000937. The number of aromatic carboxylic acids is 1. The number of nitrogens with one attached hydrogen (secondary N) is 2. The van der Waals surface area contributed by atoms with Crippen LogP contribution in [0, 0.1) is 0 Å². The molecule has 0 unspecified atom stereocenters. The van der Waals surface area contributed by atoms with Crippen LogP contribution in [0.5, 0.6) is 0 Å². The van der Waals surface area contributed by atoms with Gasteiger partial charge in [0.15, 0.2) is 0 Å². The van der Waals surface area contributed by atoms with Gasteiger partial charge in [-0.3, -0.25) is 9.59 Å². The van der Waals surface area contributed by atoms with Gasteiger partial charge in [0.2, 0.25) is 0 Å². The molecular weight excluding hydrogens is 516 g/mol. The van der Waals surface area contributed by atoms with Crippen LogP contribution in [-0.2, 0) is 11.2 Å². The third-order valence-electron chi connectivity index (χ3n) is 6.13. The lowest BCUT2D eigenvalue weighted by molar-refractivity contribution is -0.122. The molecule has 5 heterocycles. The molecule has 0 bridgehead atoms. The van der Waals surface area contributed by atoms with Crippen molar-refractivity contribution in [2.24, 2.45) is 0 Å². The molecule has 5 aromatic rings. The lowest BCUT2D eigenvalue weighted by atomic mass is 10.0. The second-order valence-electron chi connectivity index (χ2n) is 8.31. The predicted octanol–water partition coefficient (Wildman–Crippen LogP) is 2.80. The molecule has 0 saturated carbocycles. The summed E-state index contributed by atoms with van der Waals surface area (Å²) >= 11 is 6.27. The highest BCUT2D eigenvalue weighted by molar-refractivity contribution is 6.31. The van der Waals surface area contributed by atoms with Gasteiger partial charge in [-0.1, -0.05) is 11.6 Å². The molecule has 0 fully saturated rings. The van der Waals surface area contributed by atoms with Crippen molar-refractivity contribution in [2.45, 2.75) is 18.9 Å². The summed E-state index contributed by atoms with van der Waals surface area (Å²) in [5.41, 5.74) is 4.32. The van der Waals surface area contributed by atoms with E-state index in [1.54, 1.807) is 29.0 Å². The number of nitrogens with zero attached hydrogens (tertiary/aromatic N) is 6. The van der Waals surface area contributed by atoms with Crippen molar-refractivity contribution in [1.82, 2.24) is 39.7 Å². The zero-order valence-electron chi connectivity index (χ0n) is 19.4. The van der Waals surface area contributed by atoms with Crippen LogP contribution in [0.4, 0.5) is 0 Å². The second kappa shape index (κ2) is 10.1. The lowest BCUT2D eigenvalue weighted by Crippen LogP contribution is -2.23. The number of H-pyrrole nitrogens is 2. The number of fused-ring (bicyclic) bond motifs is 1. The average molecular weight is 535 g/mol. The smallest absolute Gasteiger partial charge is 0.337 e. The van der Waals surface area contributed by atoms with Gasteiger partial charge in [0.1, 0.15) is 12.2 Å². The second-order valence-corrected chi connectivity index (χ2v) is 8.75. The number of hydrogen-bond acceptors (Lipinski definition) is 7. The Morgan fingerprint density at radius 1 is 1.18 bits per heavy atom. The molecule has 0 amide bonds. The van der Waals surface area contributed by atoms with Crippen molar-refractivity contribution >= 4 is 24.0 Å². The van der Waals surface area contributed by atoms with E-state index in [4.69, 9.17) is 26.6 Å². The summed E-state index contributed by atoms with van der Waals surface area (Å²) in [5.74, 6) is -0.375. The quantitative estimate of drug-likeness (QED) is 0.246. The fourth-order valence-corrected chi connectivity index (χ4v) is 4.71. The number of aryl methyl sites for hydroxylation is 1. The highest BCUT2D eigenvalue weighted by Crippen LogP contribution is 2.34. The predicted molar refractivity (Wildman–Crippen MR) is 134 cm³/mol. The van der Waals surface area contributed by atoms with Crippen molar-refractivity contribution in [3.05, 3.63) is 87.6 Å². The maximum absolute atomic E-state index is 13.3. The van der Waals surface area contributed by atoms with Crippen LogP contribution in [0.25, 0.3) is 28.2 Å². The first-order valence-corrected chi connectivity index (χ1v) is 11.6. The Hall–Kier alpha value is -5.04. The number of carbonyl (C=O) groups is 2. The monoisotopic (exact) mass is 534 g/mol. The van der Waals surface area contributed by atoms with E-state index in [-0.39, 0.29) is 23.6 Å². The summed E-state index contributed by atoms with van der Waals surface area (Å²) in [6.07, 6.45) is 5.94. The summed E-state index contributed by atoms with van der Waals surface area (Å²) in [5, 5.41) is 27.9. The van der Waals surface area contributed by atoms with E-state index in [1.807, 2.05) is 12.1 Å². The van der Waals surface area contributed by atoms with Crippen molar-refractivity contribution < 1.29 is 19.8 Å². The number of imidazole rings is 1. The maximum Gasteiger partial charge on any atom is 0.337 e. The minimum absolute atomic E-state index is 0.159. The van der Waals surface area contributed by atoms with Gasteiger partial charge in [-0.15, -0.1) is 5.10 Å². The number of halogens is 1. The summed E-state index contributed by atoms with van der Waals surface area (Å²) in [7, 11) is 0. The average Bonchev–Trinajstić information content (AvgIpc) is 3.70. The molecule has 1 aliphatic rings. The van der Waals surface area contributed by atoms with Crippen LogP contribution < -0.4 is 5.56 Å². The Morgan fingerprint density at radius 2 is 2.00 bits per heavy atom. The van der Waals surface area contributed by atoms with E-state index >= 15 is 0 Å². The Labute approximate surface area is 218 Å². The number of rotatable bonds is 5. The molecule has 0 aliphatic carbocycles. The summed E-state index contributed by atoms with van der Waals surface area (Å²) < 4.78 is 3.27. The molecule has 4 N–H and O–H groups in total. The SMILES string of the molecule is O=C(O)c1c[nH]c(-c2cnc([C@@H]3CCc4cc(-c5cc(Cl)ccc5-n5cnnn5)cc(=O)n43)[nH]2)c1.O=CO. The van der Waals surface area contributed by atoms with Gasteiger partial charge < -0.3 is 24.7 Å². The van der Waals surface area contributed by atoms with Crippen LogP contribution in [0.15, 0.2) is 59.9 Å². The van der Waals surface area contributed by atoms with E-state index in [0.717, 1.165) is 16.8 Å². The van der Waals surface area contributed by atoms with Crippen molar-refractivity contribution in [2.75, 3.05) is 0 Å². The molecule has 38 heavy (non-hydrogen) atoms. The fourth-order valence-electron chi connectivity index (χ4n) is 4.54. The number of aromatic nitrogens is 8. The lowest BCUT2D eigenvalue weighted by Gasteiger charge is -2.15. The molecule has 13 nitrogen and oxygen atoms in total. The molecule has 0 saturated heterocycles. The molecule has 192 valence electrons. The molecular formula is C24H19ClN8O5. The molecule has 6 rings (SSSR count).